The lowest BCUT2D eigenvalue weighted by molar-refractivity contribution is -0.139. The number of carboxylic acid groups (broad SMARTS) is 2. The summed E-state index contributed by atoms with van der Waals surface area (Å²) in [6.07, 6.45) is 40.8. The Bertz CT molecular complexity index is 1640. The molecule has 0 aliphatic rings. The zero-order valence-electron chi connectivity index (χ0n) is 63.2. The van der Waals surface area contributed by atoms with Crippen LogP contribution in [0.3, 0.4) is 0 Å². The molecule has 14 nitrogen and oxygen atoms in total. The monoisotopic (exact) mass is 1290 g/mol. The standard InChI is InChI=1S/C20H39NO3.C19H37NO3.C18H37NO.2C10H21NO/c1-4-5-6-7-8-9-10-11-12-13-19(22)21-16-18(14-17(2)3)15-20(23)24;1-4-5-6-7-8-9-10-11-12-18(21)20-15-17(13-16(2)3)14-19(22)23;1-5-7-8-9-10-11-12-13-18(20)19-15-17(6-2)14-16(3)4;2*1-5-10(6-8(2)3)7-11-9(4)12/h17-18H,4-16H2,1-3H3,(H,21,22)(H,23,24);16-17H,4-15H2,1-3H3,(H,20,21)(H,22,23);16-17H,5-15H2,1-4H3,(H,19,20);2*8,10H,5-7H2,1-4H3,(H,11,12)/t18-;2*17-;2*10-/m00111/s1. The highest BCUT2D eigenvalue weighted by Crippen LogP contribution is 2.19. The Morgan fingerprint density at radius 3 is 0.648 bits per heavy atom. The second kappa shape index (κ2) is 70.6. The van der Waals surface area contributed by atoms with Crippen LogP contribution in [0.5, 0.6) is 0 Å². The van der Waals surface area contributed by atoms with Crippen molar-refractivity contribution >= 4 is 41.5 Å². The number of aliphatic carboxylic acids is 2. The minimum absolute atomic E-state index is 0.0366. The van der Waals surface area contributed by atoms with E-state index >= 15 is 0 Å². The molecule has 5 atom stereocenters. The van der Waals surface area contributed by atoms with E-state index in [9.17, 15) is 33.6 Å². The van der Waals surface area contributed by atoms with E-state index in [1.165, 1.54) is 141 Å². The maximum Gasteiger partial charge on any atom is 0.303 e. The quantitative estimate of drug-likeness (QED) is 0.0288. The van der Waals surface area contributed by atoms with E-state index in [2.05, 4.69) is 137 Å². The van der Waals surface area contributed by atoms with E-state index < -0.39 is 11.9 Å². The number of hydrogen-bond donors (Lipinski definition) is 7. The summed E-state index contributed by atoms with van der Waals surface area (Å²) in [4.78, 5) is 78.5. The van der Waals surface area contributed by atoms with Crippen LogP contribution in [-0.4, -0.2) is 84.4 Å². The minimum atomic E-state index is -0.784. The average molecular weight is 1300 g/mol. The number of hydrogen-bond acceptors (Lipinski definition) is 7. The van der Waals surface area contributed by atoms with E-state index in [4.69, 9.17) is 10.2 Å². The van der Waals surface area contributed by atoms with Crippen molar-refractivity contribution in [2.75, 3.05) is 32.7 Å². The summed E-state index contributed by atoms with van der Waals surface area (Å²) < 4.78 is 0. The Morgan fingerprint density at radius 2 is 0.462 bits per heavy atom. The van der Waals surface area contributed by atoms with Gasteiger partial charge in [0, 0.05) is 78.7 Å². The molecule has 5 amide bonds. The van der Waals surface area contributed by atoms with Gasteiger partial charge in [0.25, 0.3) is 0 Å². The molecule has 7 N–H and O–H groups in total. The molecule has 14 heteroatoms. The first-order chi connectivity index (χ1) is 43.1. The molecule has 0 bridgehead atoms. The third-order valence-corrected chi connectivity index (χ3v) is 16.5. The second-order valence-corrected chi connectivity index (χ2v) is 28.9. The van der Waals surface area contributed by atoms with Crippen molar-refractivity contribution in [3.63, 3.8) is 0 Å². The Hall–Kier alpha value is -3.71. The van der Waals surface area contributed by atoms with Crippen molar-refractivity contribution in [3.05, 3.63) is 0 Å². The second-order valence-electron chi connectivity index (χ2n) is 28.9. The first-order valence-electron chi connectivity index (χ1n) is 37.8. The molecule has 0 aromatic heterocycles. The Kier molecular flexibility index (Phi) is 74.5. The van der Waals surface area contributed by atoms with Gasteiger partial charge in [-0.3, -0.25) is 33.6 Å². The molecule has 0 aliphatic heterocycles. The summed E-state index contributed by atoms with van der Waals surface area (Å²) >= 11 is 0. The highest BCUT2D eigenvalue weighted by molar-refractivity contribution is 5.77. The zero-order valence-corrected chi connectivity index (χ0v) is 63.2. The van der Waals surface area contributed by atoms with Crippen molar-refractivity contribution in [2.45, 2.75) is 362 Å². The number of rotatable bonds is 54. The predicted octanol–water partition coefficient (Wildman–Crippen LogP) is 19.6. The molecule has 0 aromatic rings. The fourth-order valence-corrected chi connectivity index (χ4v) is 11.4. The fraction of sp³-hybridized carbons (Fsp3) is 0.909. The normalized spacial score (nSPS) is 12.6. The molecule has 542 valence electrons. The zero-order chi connectivity index (χ0) is 70.0. The van der Waals surface area contributed by atoms with Gasteiger partial charge in [0.1, 0.15) is 0 Å². The van der Waals surface area contributed by atoms with Gasteiger partial charge in [-0.05, 0) is 111 Å². The molecule has 0 fully saturated rings. The molecule has 0 saturated carbocycles. The number of carboxylic acids is 2. The lowest BCUT2D eigenvalue weighted by Gasteiger charge is -2.17. The van der Waals surface area contributed by atoms with Crippen molar-refractivity contribution in [3.8, 4) is 0 Å². The van der Waals surface area contributed by atoms with Crippen LogP contribution in [0.15, 0.2) is 0 Å². The number of unbranched alkanes of at least 4 members (excludes halogenated alkanes) is 21. The van der Waals surface area contributed by atoms with Crippen molar-refractivity contribution < 1.29 is 43.8 Å². The molecule has 0 spiro atoms. The molecule has 0 radical (unpaired) electrons. The van der Waals surface area contributed by atoms with Crippen molar-refractivity contribution in [2.24, 2.45) is 59.2 Å². The molecular weight excluding hydrogens is 1140 g/mol. The van der Waals surface area contributed by atoms with E-state index in [0.717, 1.165) is 102 Å². The van der Waals surface area contributed by atoms with E-state index in [0.29, 0.717) is 61.9 Å². The lowest BCUT2D eigenvalue weighted by Crippen LogP contribution is -2.30. The number of carbonyl (C=O) groups is 7. The van der Waals surface area contributed by atoms with Crippen LogP contribution in [0.4, 0.5) is 0 Å². The van der Waals surface area contributed by atoms with Crippen LogP contribution >= 0.6 is 0 Å². The van der Waals surface area contributed by atoms with Crippen LogP contribution in [0.25, 0.3) is 0 Å². The molecule has 91 heavy (non-hydrogen) atoms. The Morgan fingerprint density at radius 1 is 0.275 bits per heavy atom. The molecule has 0 aliphatic carbocycles. The topological polar surface area (TPSA) is 220 Å². The summed E-state index contributed by atoms with van der Waals surface area (Å²) in [5.74, 6) is 4.06. The van der Waals surface area contributed by atoms with Gasteiger partial charge in [0.05, 0.1) is 0 Å². The third kappa shape index (κ3) is 84.3. The summed E-state index contributed by atoms with van der Waals surface area (Å²) in [5, 5.41) is 32.5. The number of nitrogens with one attached hydrogen (secondary N) is 5. The average Bonchev–Trinajstić information content (AvgIpc) is 3.64. The van der Waals surface area contributed by atoms with Gasteiger partial charge in [-0.1, -0.05) is 265 Å². The lowest BCUT2D eigenvalue weighted by atomic mass is 9.94. The van der Waals surface area contributed by atoms with Crippen LogP contribution in [0.2, 0.25) is 0 Å². The van der Waals surface area contributed by atoms with Gasteiger partial charge < -0.3 is 36.8 Å². The van der Waals surface area contributed by atoms with Crippen LogP contribution in [0, 0.1) is 59.2 Å². The maximum atomic E-state index is 11.9. The van der Waals surface area contributed by atoms with Gasteiger partial charge in [0.2, 0.25) is 29.5 Å². The Labute approximate surface area is 563 Å². The predicted molar refractivity (Wildman–Crippen MR) is 388 cm³/mol. The number of carbonyl (C=O) groups excluding carboxylic acids is 5. The molecule has 0 unspecified atom stereocenters. The van der Waals surface area contributed by atoms with Gasteiger partial charge >= 0.3 is 11.9 Å². The van der Waals surface area contributed by atoms with Gasteiger partial charge in [0.15, 0.2) is 0 Å². The molecule has 0 rings (SSSR count). The SMILES string of the molecule is CCCCCCCCCC(=O)NC[C@H](CC)CC(C)C.CCCCCCCCCCC(=O)NC[C@H](CC(=O)O)CC(C)C.CCCCCCCCCCCC(=O)NC[C@H](CC(=O)O)CC(C)C.CC[C@@H](CNC(C)=O)CC(C)C.CC[C@@H](CNC(C)=O)CC(C)C. The summed E-state index contributed by atoms with van der Waals surface area (Å²) in [7, 11) is 0. The summed E-state index contributed by atoms with van der Waals surface area (Å²) in [5.41, 5.74) is 0. The first-order valence-corrected chi connectivity index (χ1v) is 37.8. The maximum absolute atomic E-state index is 11.9. The van der Waals surface area contributed by atoms with Gasteiger partial charge in [-0.15, -0.1) is 0 Å². The molecule has 0 aromatic carbocycles. The largest absolute Gasteiger partial charge is 0.481 e. The fourth-order valence-electron chi connectivity index (χ4n) is 11.4. The molecular formula is C77H155N5O9. The van der Waals surface area contributed by atoms with Gasteiger partial charge in [-0.25, -0.2) is 0 Å². The highest BCUT2D eigenvalue weighted by atomic mass is 16.4. The summed E-state index contributed by atoms with van der Waals surface area (Å²) in [6, 6.07) is 0. The van der Waals surface area contributed by atoms with Crippen LogP contribution < -0.4 is 26.6 Å². The Balaban J connectivity index is -0.000000348. The van der Waals surface area contributed by atoms with E-state index in [1.54, 1.807) is 13.8 Å². The van der Waals surface area contributed by atoms with Crippen LogP contribution in [-0.2, 0) is 33.6 Å². The van der Waals surface area contributed by atoms with Crippen molar-refractivity contribution in [1.82, 2.24) is 26.6 Å². The third-order valence-electron chi connectivity index (χ3n) is 16.5. The summed E-state index contributed by atoms with van der Waals surface area (Å²) in [6.45, 7) is 41.6. The van der Waals surface area contributed by atoms with Gasteiger partial charge in [-0.2, -0.15) is 0 Å². The highest BCUT2D eigenvalue weighted by Gasteiger charge is 2.18. The minimum Gasteiger partial charge on any atom is -0.481 e. The first kappa shape index (κ1) is 96.0. The van der Waals surface area contributed by atoms with E-state index in [-0.39, 0.29) is 54.2 Å². The van der Waals surface area contributed by atoms with Crippen molar-refractivity contribution in [1.29, 1.82) is 0 Å². The van der Waals surface area contributed by atoms with E-state index in [1.807, 2.05) is 0 Å². The molecule has 0 heterocycles. The van der Waals surface area contributed by atoms with Crippen LogP contribution in [0.1, 0.15) is 362 Å². The number of amides is 5. The smallest absolute Gasteiger partial charge is 0.303 e. The molecule has 0 saturated heterocycles.